The molecule has 0 spiro atoms. The summed E-state index contributed by atoms with van der Waals surface area (Å²) in [4.78, 5) is 25.8. The molecule has 3 aromatic carbocycles. The normalized spacial score (nSPS) is 10.8. The molecule has 7 heteroatoms. The van der Waals surface area contributed by atoms with Gasteiger partial charge in [0.1, 0.15) is 11.5 Å². The zero-order chi connectivity index (χ0) is 25.5. The highest BCUT2D eigenvalue weighted by Crippen LogP contribution is 2.32. The number of carbonyl (C=O) groups is 1. The number of aromatic hydroxyl groups is 1. The molecule has 184 valence electrons. The molecule has 4 rings (SSSR count). The number of aryl methyl sites for hydroxylation is 2. The van der Waals surface area contributed by atoms with E-state index >= 15 is 0 Å². The minimum absolute atomic E-state index is 0.0669. The Labute approximate surface area is 210 Å². The van der Waals surface area contributed by atoms with Gasteiger partial charge >= 0.3 is 5.97 Å². The molecule has 0 unspecified atom stereocenters. The molecular formula is C29H29N3O4. The number of phenols is 1. The number of aromatic nitrogens is 3. The first kappa shape index (κ1) is 24.9. The number of ether oxygens (including phenoxy) is 2. The molecule has 0 bridgehead atoms. The maximum Gasteiger partial charge on any atom is 0.344 e. The van der Waals surface area contributed by atoms with Crippen LogP contribution in [-0.4, -0.2) is 39.2 Å². The van der Waals surface area contributed by atoms with Gasteiger partial charge < -0.3 is 14.6 Å². The SMILES string of the molecule is CCCCOC(=O)COc1ccc(-c2nc(-c3ccc(C)cc3)nc(-c3ccc(C)cc3)n2)c(O)c1. The minimum atomic E-state index is -0.449. The Morgan fingerprint density at radius 1 is 0.806 bits per heavy atom. The Morgan fingerprint density at radius 3 is 1.89 bits per heavy atom. The van der Waals surface area contributed by atoms with Crippen LogP contribution in [0.5, 0.6) is 11.5 Å². The van der Waals surface area contributed by atoms with Gasteiger partial charge in [-0.3, -0.25) is 0 Å². The molecule has 1 aromatic heterocycles. The van der Waals surface area contributed by atoms with Crippen LogP contribution in [0.2, 0.25) is 0 Å². The van der Waals surface area contributed by atoms with Crippen molar-refractivity contribution in [2.24, 2.45) is 0 Å². The Kier molecular flexibility index (Phi) is 7.90. The van der Waals surface area contributed by atoms with Gasteiger partial charge in [-0.15, -0.1) is 0 Å². The second kappa shape index (κ2) is 11.4. The number of hydrogen-bond donors (Lipinski definition) is 1. The number of rotatable bonds is 9. The van der Waals surface area contributed by atoms with Crippen molar-refractivity contribution in [3.63, 3.8) is 0 Å². The zero-order valence-electron chi connectivity index (χ0n) is 20.7. The molecule has 4 aromatic rings. The van der Waals surface area contributed by atoms with E-state index in [0.29, 0.717) is 35.4 Å². The first-order chi connectivity index (χ1) is 17.4. The van der Waals surface area contributed by atoms with Crippen LogP contribution in [0.15, 0.2) is 66.7 Å². The maximum atomic E-state index is 11.8. The molecule has 7 nitrogen and oxygen atoms in total. The number of carbonyl (C=O) groups excluding carboxylic acids is 1. The molecule has 0 saturated carbocycles. The van der Waals surface area contributed by atoms with E-state index in [0.717, 1.165) is 35.1 Å². The summed E-state index contributed by atoms with van der Waals surface area (Å²) >= 11 is 0. The van der Waals surface area contributed by atoms with Gasteiger partial charge in [-0.05, 0) is 32.4 Å². The molecule has 0 aliphatic rings. The highest BCUT2D eigenvalue weighted by molar-refractivity contribution is 5.72. The van der Waals surface area contributed by atoms with Crippen LogP contribution in [0.25, 0.3) is 34.2 Å². The first-order valence-electron chi connectivity index (χ1n) is 11.9. The molecular weight excluding hydrogens is 454 g/mol. The Balaban J connectivity index is 1.65. The van der Waals surface area contributed by atoms with Crippen LogP contribution in [0, 0.1) is 13.8 Å². The lowest BCUT2D eigenvalue weighted by molar-refractivity contribution is -0.146. The number of phenolic OH excluding ortho intramolecular Hbond substituents is 1. The summed E-state index contributed by atoms with van der Waals surface area (Å²) in [5.74, 6) is 1.17. The zero-order valence-corrected chi connectivity index (χ0v) is 20.7. The van der Waals surface area contributed by atoms with Crippen LogP contribution in [-0.2, 0) is 9.53 Å². The smallest absolute Gasteiger partial charge is 0.344 e. The van der Waals surface area contributed by atoms with Gasteiger partial charge in [0.25, 0.3) is 0 Å². The second-order valence-corrected chi connectivity index (χ2v) is 8.58. The lowest BCUT2D eigenvalue weighted by Crippen LogP contribution is -2.15. The molecule has 36 heavy (non-hydrogen) atoms. The molecule has 0 atom stereocenters. The molecule has 0 fully saturated rings. The molecule has 1 heterocycles. The number of esters is 1. The average Bonchev–Trinajstić information content (AvgIpc) is 2.88. The lowest BCUT2D eigenvalue weighted by Gasteiger charge is -2.11. The number of hydrogen-bond acceptors (Lipinski definition) is 7. The van der Waals surface area contributed by atoms with Crippen LogP contribution < -0.4 is 4.74 Å². The van der Waals surface area contributed by atoms with Crippen molar-refractivity contribution >= 4 is 5.97 Å². The summed E-state index contributed by atoms with van der Waals surface area (Å²) in [6.45, 7) is 6.20. The van der Waals surface area contributed by atoms with E-state index in [-0.39, 0.29) is 12.4 Å². The highest BCUT2D eigenvalue weighted by atomic mass is 16.6. The van der Waals surface area contributed by atoms with Crippen molar-refractivity contribution in [2.45, 2.75) is 33.6 Å². The van der Waals surface area contributed by atoms with Crippen molar-refractivity contribution in [3.05, 3.63) is 77.9 Å². The topological polar surface area (TPSA) is 94.4 Å². The van der Waals surface area contributed by atoms with Crippen molar-refractivity contribution in [1.29, 1.82) is 0 Å². The summed E-state index contributed by atoms with van der Waals surface area (Å²) in [5, 5.41) is 10.8. The van der Waals surface area contributed by atoms with Gasteiger partial charge in [-0.2, -0.15) is 0 Å². The predicted molar refractivity (Wildman–Crippen MR) is 139 cm³/mol. The highest BCUT2D eigenvalue weighted by Gasteiger charge is 2.16. The van der Waals surface area contributed by atoms with E-state index in [1.54, 1.807) is 12.1 Å². The fraction of sp³-hybridized carbons (Fsp3) is 0.241. The summed E-state index contributed by atoms with van der Waals surface area (Å²) in [6, 6.07) is 20.6. The third-order valence-electron chi connectivity index (χ3n) is 5.58. The minimum Gasteiger partial charge on any atom is -0.507 e. The fourth-order valence-electron chi connectivity index (χ4n) is 3.46. The van der Waals surface area contributed by atoms with Crippen LogP contribution in [0.4, 0.5) is 0 Å². The van der Waals surface area contributed by atoms with Gasteiger partial charge in [0.05, 0.1) is 12.2 Å². The number of benzene rings is 3. The average molecular weight is 484 g/mol. The second-order valence-electron chi connectivity index (χ2n) is 8.58. The number of nitrogens with zero attached hydrogens (tertiary/aromatic N) is 3. The summed E-state index contributed by atoms with van der Waals surface area (Å²) in [6.07, 6.45) is 1.75. The Hall–Kier alpha value is -4.26. The summed E-state index contributed by atoms with van der Waals surface area (Å²) in [7, 11) is 0. The largest absolute Gasteiger partial charge is 0.507 e. The van der Waals surface area contributed by atoms with E-state index in [4.69, 9.17) is 14.5 Å². The van der Waals surface area contributed by atoms with E-state index in [2.05, 4.69) is 9.97 Å². The van der Waals surface area contributed by atoms with Gasteiger partial charge in [0.15, 0.2) is 24.1 Å². The number of unbranched alkanes of at least 4 members (excludes halogenated alkanes) is 1. The quantitative estimate of drug-likeness (QED) is 0.233. The van der Waals surface area contributed by atoms with Gasteiger partial charge in [-0.25, -0.2) is 19.7 Å². The molecule has 1 N–H and O–H groups in total. The molecule has 0 aliphatic carbocycles. The van der Waals surface area contributed by atoms with Gasteiger partial charge in [0, 0.05) is 17.2 Å². The third kappa shape index (κ3) is 6.24. The van der Waals surface area contributed by atoms with Gasteiger partial charge in [-0.1, -0.05) is 73.0 Å². The van der Waals surface area contributed by atoms with E-state index in [1.165, 1.54) is 6.07 Å². The fourth-order valence-corrected chi connectivity index (χ4v) is 3.46. The molecule has 0 amide bonds. The first-order valence-corrected chi connectivity index (χ1v) is 11.9. The summed E-state index contributed by atoms with van der Waals surface area (Å²) in [5.41, 5.74) is 4.39. The Morgan fingerprint density at radius 2 is 1.36 bits per heavy atom. The van der Waals surface area contributed by atoms with Crippen LogP contribution in [0.3, 0.4) is 0 Å². The standard InChI is InChI=1S/C29H29N3O4/c1-4-5-16-35-26(34)18-36-23-14-15-24(25(33)17-23)29-31-27(21-10-6-19(2)7-11-21)30-28(32-29)22-12-8-20(3)9-13-22/h6-15,17,33H,4-5,16,18H2,1-3H3. The molecule has 0 saturated heterocycles. The van der Waals surface area contributed by atoms with E-state index in [9.17, 15) is 9.90 Å². The third-order valence-corrected chi connectivity index (χ3v) is 5.58. The van der Waals surface area contributed by atoms with Gasteiger partial charge in [0.2, 0.25) is 0 Å². The van der Waals surface area contributed by atoms with Crippen molar-refractivity contribution in [1.82, 2.24) is 15.0 Å². The predicted octanol–water partition coefficient (Wildman–Crippen LogP) is 5.92. The maximum absolute atomic E-state index is 11.8. The monoisotopic (exact) mass is 483 g/mol. The lowest BCUT2D eigenvalue weighted by atomic mass is 10.1. The molecule has 0 aliphatic heterocycles. The molecule has 0 radical (unpaired) electrons. The van der Waals surface area contributed by atoms with Crippen molar-refractivity contribution in [2.75, 3.05) is 13.2 Å². The van der Waals surface area contributed by atoms with E-state index in [1.807, 2.05) is 69.3 Å². The van der Waals surface area contributed by atoms with Crippen molar-refractivity contribution in [3.8, 4) is 45.7 Å². The van der Waals surface area contributed by atoms with E-state index < -0.39 is 5.97 Å². The van der Waals surface area contributed by atoms with Crippen molar-refractivity contribution < 1.29 is 19.4 Å². The Bertz CT molecular complexity index is 1270. The van der Waals surface area contributed by atoms with Crippen LogP contribution in [0.1, 0.15) is 30.9 Å². The van der Waals surface area contributed by atoms with Crippen LogP contribution >= 0.6 is 0 Å². The summed E-state index contributed by atoms with van der Waals surface area (Å²) < 4.78 is 10.6.